The van der Waals surface area contributed by atoms with E-state index in [9.17, 15) is 9.59 Å². The number of aromatic nitrogens is 1. The predicted molar refractivity (Wildman–Crippen MR) is 109 cm³/mol. The van der Waals surface area contributed by atoms with Crippen LogP contribution in [-0.2, 0) is 0 Å². The van der Waals surface area contributed by atoms with Crippen LogP contribution in [0.4, 0.5) is 11.4 Å². The first kappa shape index (κ1) is 18.5. The van der Waals surface area contributed by atoms with Crippen molar-refractivity contribution in [3.8, 4) is 11.5 Å². The molecule has 146 valence electrons. The summed E-state index contributed by atoms with van der Waals surface area (Å²) in [4.78, 5) is 31.3. The molecule has 2 heterocycles. The van der Waals surface area contributed by atoms with Crippen LogP contribution in [0.15, 0.2) is 67.0 Å². The summed E-state index contributed by atoms with van der Waals surface area (Å²) < 4.78 is 10.6. The highest BCUT2D eigenvalue weighted by atomic mass is 16.7. The van der Waals surface area contributed by atoms with Crippen LogP contribution in [0.1, 0.15) is 27.6 Å². The van der Waals surface area contributed by atoms with Crippen molar-refractivity contribution in [2.45, 2.75) is 6.92 Å². The Morgan fingerprint density at radius 3 is 2.55 bits per heavy atom. The van der Waals surface area contributed by atoms with E-state index < -0.39 is 0 Å². The van der Waals surface area contributed by atoms with Gasteiger partial charge in [-0.05, 0) is 37.3 Å². The zero-order valence-electron chi connectivity index (χ0n) is 15.8. The molecule has 2 aromatic carbocycles. The summed E-state index contributed by atoms with van der Waals surface area (Å²) in [5.74, 6) is 0.627. The van der Waals surface area contributed by atoms with E-state index in [1.165, 1.54) is 12.4 Å². The third kappa shape index (κ3) is 3.89. The van der Waals surface area contributed by atoms with Crippen LogP contribution in [0.5, 0.6) is 11.5 Å². The minimum atomic E-state index is -0.367. The van der Waals surface area contributed by atoms with Gasteiger partial charge >= 0.3 is 0 Å². The normalized spacial score (nSPS) is 11.8. The molecule has 0 spiro atoms. The lowest BCUT2D eigenvalue weighted by atomic mass is 10.1. The van der Waals surface area contributed by atoms with Gasteiger partial charge in [0.05, 0.1) is 11.1 Å². The van der Waals surface area contributed by atoms with Crippen LogP contribution in [-0.4, -0.2) is 30.1 Å². The Labute approximate surface area is 167 Å². The monoisotopic (exact) mass is 389 g/mol. The molecule has 0 saturated carbocycles. The zero-order valence-corrected chi connectivity index (χ0v) is 15.8. The highest BCUT2D eigenvalue weighted by Crippen LogP contribution is 2.34. The molecule has 1 aromatic heterocycles. The molecule has 4 rings (SSSR count). The predicted octanol–water partition coefficient (Wildman–Crippen LogP) is 3.73. The second kappa shape index (κ2) is 8.02. The number of carbonyl (C=O) groups is 2. The number of para-hydroxylation sites is 1. The summed E-state index contributed by atoms with van der Waals surface area (Å²) in [6, 6.07) is 16.1. The first-order chi connectivity index (χ1) is 14.2. The maximum Gasteiger partial charge on any atom is 0.259 e. The number of ether oxygens (including phenoxy) is 2. The number of anilines is 2. The van der Waals surface area contributed by atoms with Gasteiger partial charge in [0.1, 0.15) is 0 Å². The van der Waals surface area contributed by atoms with Gasteiger partial charge in [0.2, 0.25) is 6.79 Å². The Morgan fingerprint density at radius 2 is 1.76 bits per heavy atom. The van der Waals surface area contributed by atoms with Crippen molar-refractivity contribution >= 4 is 23.2 Å². The minimum Gasteiger partial charge on any atom is -0.454 e. The summed E-state index contributed by atoms with van der Waals surface area (Å²) in [7, 11) is 0. The lowest BCUT2D eigenvalue weighted by Gasteiger charge is -2.21. The molecule has 0 atom stereocenters. The molecule has 0 aliphatic carbocycles. The number of carbonyl (C=O) groups excluding carboxylic acids is 2. The molecule has 7 heteroatoms. The molecule has 1 N–H and O–H groups in total. The van der Waals surface area contributed by atoms with Gasteiger partial charge in [0.25, 0.3) is 11.8 Å². The van der Waals surface area contributed by atoms with Crippen LogP contribution >= 0.6 is 0 Å². The Hall–Kier alpha value is -3.87. The summed E-state index contributed by atoms with van der Waals surface area (Å²) in [5, 5.41) is 2.79. The first-order valence-electron chi connectivity index (χ1n) is 9.18. The fourth-order valence-corrected chi connectivity index (χ4v) is 3.07. The van der Waals surface area contributed by atoms with Crippen LogP contribution in [0, 0.1) is 0 Å². The summed E-state index contributed by atoms with van der Waals surface area (Å²) >= 11 is 0. The second-order valence-electron chi connectivity index (χ2n) is 6.37. The van der Waals surface area contributed by atoms with E-state index in [0.717, 1.165) is 5.69 Å². The van der Waals surface area contributed by atoms with Crippen molar-refractivity contribution in [3.63, 3.8) is 0 Å². The van der Waals surface area contributed by atoms with Gasteiger partial charge in [-0.15, -0.1) is 0 Å². The van der Waals surface area contributed by atoms with E-state index in [1.54, 1.807) is 29.2 Å². The van der Waals surface area contributed by atoms with Gasteiger partial charge in [-0.3, -0.25) is 14.6 Å². The Bertz CT molecular complexity index is 1050. The molecule has 0 bridgehead atoms. The second-order valence-corrected chi connectivity index (χ2v) is 6.37. The SMILES string of the molecule is CCN(C(=O)c1cncc(C(=O)Nc2ccc3c(c2)OCO3)c1)c1ccccc1. The number of pyridine rings is 1. The summed E-state index contributed by atoms with van der Waals surface area (Å²) in [5.41, 5.74) is 1.98. The summed E-state index contributed by atoms with van der Waals surface area (Å²) in [6.45, 7) is 2.56. The van der Waals surface area contributed by atoms with Crippen molar-refractivity contribution in [1.29, 1.82) is 0 Å². The number of hydrogen-bond acceptors (Lipinski definition) is 5. The third-order valence-corrected chi connectivity index (χ3v) is 4.51. The molecule has 0 fully saturated rings. The zero-order chi connectivity index (χ0) is 20.2. The number of nitrogens with one attached hydrogen (secondary N) is 1. The largest absolute Gasteiger partial charge is 0.454 e. The highest BCUT2D eigenvalue weighted by Gasteiger charge is 2.19. The average molecular weight is 389 g/mol. The number of fused-ring (bicyclic) bond motifs is 1. The molecule has 0 unspecified atom stereocenters. The maximum absolute atomic E-state index is 13.0. The van der Waals surface area contributed by atoms with Crippen molar-refractivity contribution < 1.29 is 19.1 Å². The van der Waals surface area contributed by atoms with Crippen molar-refractivity contribution in [1.82, 2.24) is 4.98 Å². The van der Waals surface area contributed by atoms with Crippen molar-refractivity contribution in [2.75, 3.05) is 23.6 Å². The quantitative estimate of drug-likeness (QED) is 0.719. The van der Waals surface area contributed by atoms with E-state index in [2.05, 4.69) is 10.3 Å². The molecular weight excluding hydrogens is 370 g/mol. The van der Waals surface area contributed by atoms with E-state index in [-0.39, 0.29) is 24.2 Å². The molecule has 2 amide bonds. The van der Waals surface area contributed by atoms with Gasteiger partial charge in [0, 0.05) is 36.4 Å². The molecule has 0 saturated heterocycles. The molecule has 3 aromatic rings. The minimum absolute atomic E-state index is 0.163. The number of amides is 2. The van der Waals surface area contributed by atoms with E-state index in [0.29, 0.717) is 29.3 Å². The molecular formula is C22H19N3O4. The van der Waals surface area contributed by atoms with Crippen LogP contribution in [0.25, 0.3) is 0 Å². The smallest absolute Gasteiger partial charge is 0.259 e. The van der Waals surface area contributed by atoms with Gasteiger partial charge < -0.3 is 19.7 Å². The topological polar surface area (TPSA) is 80.8 Å². The number of benzene rings is 2. The molecule has 7 nitrogen and oxygen atoms in total. The first-order valence-corrected chi connectivity index (χ1v) is 9.18. The Balaban J connectivity index is 1.53. The van der Waals surface area contributed by atoms with Gasteiger partial charge in [-0.1, -0.05) is 18.2 Å². The Morgan fingerprint density at radius 1 is 1.00 bits per heavy atom. The Kier molecular flexibility index (Phi) is 5.11. The van der Waals surface area contributed by atoms with E-state index in [1.807, 2.05) is 37.3 Å². The van der Waals surface area contributed by atoms with Gasteiger partial charge in [-0.25, -0.2) is 0 Å². The fraction of sp³-hybridized carbons (Fsp3) is 0.136. The molecule has 29 heavy (non-hydrogen) atoms. The van der Waals surface area contributed by atoms with E-state index >= 15 is 0 Å². The van der Waals surface area contributed by atoms with Crippen LogP contribution < -0.4 is 19.7 Å². The number of nitrogens with zero attached hydrogens (tertiary/aromatic N) is 2. The highest BCUT2D eigenvalue weighted by molar-refractivity contribution is 6.09. The third-order valence-electron chi connectivity index (χ3n) is 4.51. The lowest BCUT2D eigenvalue weighted by molar-refractivity contribution is 0.0988. The van der Waals surface area contributed by atoms with Crippen LogP contribution in [0.2, 0.25) is 0 Å². The fourth-order valence-electron chi connectivity index (χ4n) is 3.07. The van der Waals surface area contributed by atoms with Crippen molar-refractivity contribution in [2.24, 2.45) is 0 Å². The molecule has 0 radical (unpaired) electrons. The molecule has 1 aliphatic heterocycles. The molecule has 1 aliphatic rings. The number of hydrogen-bond donors (Lipinski definition) is 1. The maximum atomic E-state index is 13.0. The standard InChI is InChI=1S/C22H19N3O4/c1-2-25(18-6-4-3-5-7-18)22(27)16-10-15(12-23-13-16)21(26)24-17-8-9-19-20(11-17)29-14-28-19/h3-13H,2,14H2,1H3,(H,24,26). The van der Waals surface area contributed by atoms with Crippen LogP contribution in [0.3, 0.4) is 0 Å². The average Bonchev–Trinajstić information content (AvgIpc) is 3.23. The lowest BCUT2D eigenvalue weighted by Crippen LogP contribution is -2.31. The summed E-state index contributed by atoms with van der Waals surface area (Å²) in [6.07, 6.45) is 2.89. The van der Waals surface area contributed by atoms with Crippen molar-refractivity contribution in [3.05, 3.63) is 78.1 Å². The van der Waals surface area contributed by atoms with Gasteiger partial charge in [0.15, 0.2) is 11.5 Å². The van der Waals surface area contributed by atoms with Gasteiger partial charge in [-0.2, -0.15) is 0 Å². The van der Waals surface area contributed by atoms with E-state index in [4.69, 9.17) is 9.47 Å². The number of rotatable bonds is 5.